The normalized spacial score (nSPS) is 11.3. The molecule has 0 aliphatic carbocycles. The van der Waals surface area contributed by atoms with Gasteiger partial charge in [0.25, 0.3) is 0 Å². The summed E-state index contributed by atoms with van der Waals surface area (Å²) in [6.07, 6.45) is 0. The van der Waals surface area contributed by atoms with Crippen LogP contribution in [0.5, 0.6) is 0 Å². The van der Waals surface area contributed by atoms with Gasteiger partial charge < -0.3 is 10.3 Å². The van der Waals surface area contributed by atoms with E-state index in [9.17, 15) is 0 Å². The number of anilines is 1. The van der Waals surface area contributed by atoms with E-state index < -0.39 is 0 Å². The highest BCUT2D eigenvalue weighted by Gasteiger charge is 2.10. The summed E-state index contributed by atoms with van der Waals surface area (Å²) in [5, 5.41) is 11.7. The Morgan fingerprint density at radius 2 is 2.21 bits per heavy atom. The minimum Gasteiger partial charge on any atom is -0.383 e. The number of aromatic nitrogens is 5. The Kier molecular flexibility index (Phi) is 3.11. The number of rotatable bonds is 3. The molecule has 3 heterocycles. The predicted octanol–water partition coefficient (Wildman–Crippen LogP) is 2.00. The molecule has 3 rings (SSSR count). The van der Waals surface area contributed by atoms with Gasteiger partial charge in [0, 0.05) is 7.05 Å². The van der Waals surface area contributed by atoms with Gasteiger partial charge in [-0.05, 0) is 18.4 Å². The van der Waals surface area contributed by atoms with Crippen LogP contribution in [-0.4, -0.2) is 24.7 Å². The van der Waals surface area contributed by atoms with Crippen LogP contribution in [0.1, 0.15) is 11.6 Å². The standard InChI is InChI=1S/C11H12N6S2/c1-6-15-16-8(17(6)2)5-19-11-13-9(12)7-3-4-18-10(7)14-11/h3-4H,5H2,1-2H3,(H2,12,13,14). The first-order valence-electron chi connectivity index (χ1n) is 5.63. The number of aryl methyl sites for hydroxylation is 1. The average Bonchev–Trinajstić information content (AvgIpc) is 2.97. The highest BCUT2D eigenvalue weighted by atomic mass is 32.2. The molecule has 0 unspecified atom stereocenters. The fraction of sp³-hybridized carbons (Fsp3) is 0.273. The zero-order valence-corrected chi connectivity index (χ0v) is 12.1. The molecule has 0 amide bonds. The van der Waals surface area contributed by atoms with E-state index in [0.717, 1.165) is 21.9 Å². The summed E-state index contributed by atoms with van der Waals surface area (Å²) < 4.78 is 1.96. The zero-order chi connectivity index (χ0) is 13.4. The van der Waals surface area contributed by atoms with E-state index >= 15 is 0 Å². The lowest BCUT2D eigenvalue weighted by Crippen LogP contribution is -1.99. The van der Waals surface area contributed by atoms with Crippen molar-refractivity contribution in [3.8, 4) is 0 Å². The van der Waals surface area contributed by atoms with E-state index in [1.54, 1.807) is 11.3 Å². The number of fused-ring (bicyclic) bond motifs is 1. The molecule has 0 aliphatic rings. The van der Waals surface area contributed by atoms with Crippen molar-refractivity contribution >= 4 is 39.1 Å². The van der Waals surface area contributed by atoms with Gasteiger partial charge in [-0.15, -0.1) is 21.5 Å². The quantitative estimate of drug-likeness (QED) is 0.587. The summed E-state index contributed by atoms with van der Waals surface area (Å²) >= 11 is 3.08. The molecule has 19 heavy (non-hydrogen) atoms. The molecule has 6 nitrogen and oxygen atoms in total. The molecule has 8 heteroatoms. The van der Waals surface area contributed by atoms with E-state index in [2.05, 4.69) is 20.2 Å². The third kappa shape index (κ3) is 2.28. The molecular formula is C11H12N6S2. The lowest BCUT2D eigenvalue weighted by atomic mass is 10.4. The Morgan fingerprint density at radius 1 is 1.37 bits per heavy atom. The zero-order valence-electron chi connectivity index (χ0n) is 10.5. The first-order chi connectivity index (χ1) is 9.15. The van der Waals surface area contributed by atoms with Crippen molar-refractivity contribution in [1.29, 1.82) is 0 Å². The molecule has 0 saturated heterocycles. The first-order valence-corrected chi connectivity index (χ1v) is 7.50. The van der Waals surface area contributed by atoms with Crippen molar-refractivity contribution in [2.24, 2.45) is 7.05 Å². The third-order valence-electron chi connectivity index (χ3n) is 2.85. The van der Waals surface area contributed by atoms with Gasteiger partial charge in [0.05, 0.1) is 11.1 Å². The van der Waals surface area contributed by atoms with Crippen LogP contribution in [-0.2, 0) is 12.8 Å². The Bertz CT molecular complexity index is 732. The Morgan fingerprint density at radius 3 is 2.95 bits per heavy atom. The number of nitrogen functional groups attached to an aromatic ring is 1. The first kappa shape index (κ1) is 12.4. The van der Waals surface area contributed by atoms with Crippen molar-refractivity contribution in [2.75, 3.05) is 5.73 Å². The van der Waals surface area contributed by atoms with E-state index in [0.29, 0.717) is 16.7 Å². The van der Waals surface area contributed by atoms with Crippen molar-refractivity contribution in [1.82, 2.24) is 24.7 Å². The van der Waals surface area contributed by atoms with Crippen molar-refractivity contribution in [2.45, 2.75) is 17.8 Å². The Hall–Kier alpha value is -1.67. The maximum atomic E-state index is 5.91. The van der Waals surface area contributed by atoms with Crippen LogP contribution in [0.4, 0.5) is 5.82 Å². The molecule has 0 atom stereocenters. The molecule has 0 aromatic carbocycles. The molecule has 0 saturated carbocycles. The van der Waals surface area contributed by atoms with E-state index in [1.807, 2.05) is 30.0 Å². The minimum atomic E-state index is 0.530. The number of thioether (sulfide) groups is 1. The van der Waals surface area contributed by atoms with Crippen LogP contribution < -0.4 is 5.73 Å². The molecule has 0 radical (unpaired) electrons. The third-order valence-corrected chi connectivity index (χ3v) is 4.50. The molecule has 0 fully saturated rings. The summed E-state index contributed by atoms with van der Waals surface area (Å²) in [5.74, 6) is 3.00. The van der Waals surface area contributed by atoms with Crippen LogP contribution in [0.25, 0.3) is 10.2 Å². The molecule has 0 bridgehead atoms. The van der Waals surface area contributed by atoms with Gasteiger partial charge in [0.1, 0.15) is 22.3 Å². The van der Waals surface area contributed by atoms with Crippen molar-refractivity contribution in [3.63, 3.8) is 0 Å². The molecule has 0 spiro atoms. The fourth-order valence-corrected chi connectivity index (χ4v) is 3.29. The van der Waals surface area contributed by atoms with Crippen LogP contribution in [0.3, 0.4) is 0 Å². The number of nitrogens with two attached hydrogens (primary N) is 1. The van der Waals surface area contributed by atoms with Gasteiger partial charge in [0.15, 0.2) is 5.16 Å². The Balaban J connectivity index is 1.83. The number of hydrogen-bond acceptors (Lipinski definition) is 7. The largest absolute Gasteiger partial charge is 0.383 e. The van der Waals surface area contributed by atoms with Crippen molar-refractivity contribution < 1.29 is 0 Å². The minimum absolute atomic E-state index is 0.530. The van der Waals surface area contributed by atoms with Crippen LogP contribution in [0.15, 0.2) is 16.6 Å². The second-order valence-electron chi connectivity index (χ2n) is 4.04. The van der Waals surface area contributed by atoms with E-state index in [4.69, 9.17) is 5.73 Å². The van der Waals surface area contributed by atoms with E-state index in [1.165, 1.54) is 11.8 Å². The second kappa shape index (κ2) is 4.78. The smallest absolute Gasteiger partial charge is 0.191 e. The fourth-order valence-electron chi connectivity index (χ4n) is 1.63. The molecule has 98 valence electrons. The van der Waals surface area contributed by atoms with Crippen LogP contribution in [0, 0.1) is 6.92 Å². The predicted molar refractivity (Wildman–Crippen MR) is 77.1 cm³/mol. The highest BCUT2D eigenvalue weighted by Crippen LogP contribution is 2.27. The summed E-state index contributed by atoms with van der Waals surface area (Å²) in [6, 6.07) is 1.94. The summed E-state index contributed by atoms with van der Waals surface area (Å²) in [4.78, 5) is 9.70. The lowest BCUT2D eigenvalue weighted by molar-refractivity contribution is 0.815. The van der Waals surface area contributed by atoms with Crippen molar-refractivity contribution in [3.05, 3.63) is 23.1 Å². The molecule has 3 aromatic rings. The maximum absolute atomic E-state index is 5.91. The maximum Gasteiger partial charge on any atom is 0.191 e. The van der Waals surface area contributed by atoms with Crippen LogP contribution in [0.2, 0.25) is 0 Å². The summed E-state index contributed by atoms with van der Waals surface area (Å²) in [6.45, 7) is 1.92. The Labute approximate surface area is 118 Å². The van der Waals surface area contributed by atoms with Gasteiger partial charge in [-0.25, -0.2) is 9.97 Å². The van der Waals surface area contributed by atoms with Gasteiger partial charge in [-0.1, -0.05) is 11.8 Å². The topological polar surface area (TPSA) is 82.5 Å². The van der Waals surface area contributed by atoms with Gasteiger partial charge in [-0.2, -0.15) is 0 Å². The second-order valence-corrected chi connectivity index (χ2v) is 5.88. The summed E-state index contributed by atoms with van der Waals surface area (Å²) in [5.41, 5.74) is 5.91. The van der Waals surface area contributed by atoms with Gasteiger partial charge in [0.2, 0.25) is 0 Å². The molecule has 3 aromatic heterocycles. The van der Waals surface area contributed by atoms with Gasteiger partial charge >= 0.3 is 0 Å². The van der Waals surface area contributed by atoms with Gasteiger partial charge in [-0.3, -0.25) is 0 Å². The highest BCUT2D eigenvalue weighted by molar-refractivity contribution is 7.98. The monoisotopic (exact) mass is 292 g/mol. The molecule has 0 aliphatic heterocycles. The van der Waals surface area contributed by atoms with E-state index in [-0.39, 0.29) is 0 Å². The average molecular weight is 292 g/mol. The number of hydrogen-bond donors (Lipinski definition) is 1. The SMILES string of the molecule is Cc1nnc(CSc2nc(N)c3ccsc3n2)n1C. The van der Waals surface area contributed by atoms with Crippen LogP contribution >= 0.6 is 23.1 Å². The number of thiophene rings is 1. The molecular weight excluding hydrogens is 280 g/mol. The summed E-state index contributed by atoms with van der Waals surface area (Å²) in [7, 11) is 1.95. The number of nitrogens with zero attached hydrogens (tertiary/aromatic N) is 5. The lowest BCUT2D eigenvalue weighted by Gasteiger charge is -2.02. The molecule has 2 N–H and O–H groups in total.